The zero-order valence-corrected chi connectivity index (χ0v) is 14.7. The largest absolute Gasteiger partial charge is 0.288 e. The average molecular weight is 355 g/mol. The van der Waals surface area contributed by atoms with Crippen molar-refractivity contribution < 1.29 is 8.42 Å². The summed E-state index contributed by atoms with van der Waals surface area (Å²) in [5.41, 5.74) is 1.76. The fourth-order valence-electron chi connectivity index (χ4n) is 2.55. The van der Waals surface area contributed by atoms with Gasteiger partial charge in [-0.2, -0.15) is 5.26 Å². The predicted octanol–water partition coefficient (Wildman–Crippen LogP) is 2.57. The summed E-state index contributed by atoms with van der Waals surface area (Å²) < 4.78 is 28.9. The Labute approximate surface area is 146 Å². The zero-order chi connectivity index (χ0) is 18.0. The molecule has 0 amide bonds. The highest BCUT2D eigenvalue weighted by Crippen LogP contribution is 2.27. The number of rotatable bonds is 5. The molecular formula is C17H17N5O2S. The number of fused-ring (bicyclic) bond motifs is 1. The summed E-state index contributed by atoms with van der Waals surface area (Å²) in [4.78, 5) is 0.00989. The van der Waals surface area contributed by atoms with E-state index in [1.165, 1.54) is 16.8 Å². The first-order chi connectivity index (χ1) is 11.9. The minimum atomic E-state index is -3.96. The first-order valence-electron chi connectivity index (χ1n) is 7.73. The van der Waals surface area contributed by atoms with Crippen LogP contribution in [0.5, 0.6) is 0 Å². The van der Waals surface area contributed by atoms with Crippen LogP contribution in [0, 0.1) is 11.3 Å². The van der Waals surface area contributed by atoms with Gasteiger partial charge in [0.25, 0.3) is 10.0 Å². The number of hydrogen-bond donors (Lipinski definition) is 0. The fraction of sp³-hybridized carbons (Fsp3) is 0.235. The molecular weight excluding hydrogens is 338 g/mol. The van der Waals surface area contributed by atoms with Gasteiger partial charge in [-0.25, -0.2) is 8.42 Å². The molecule has 8 heteroatoms. The third kappa shape index (κ3) is 3.06. The molecule has 0 aliphatic rings. The third-order valence-electron chi connectivity index (χ3n) is 3.92. The average Bonchev–Trinajstić information content (AvgIpc) is 3.08. The molecule has 2 aromatic heterocycles. The van der Waals surface area contributed by atoms with Crippen molar-refractivity contribution in [3.8, 4) is 6.07 Å². The number of benzene rings is 1. The van der Waals surface area contributed by atoms with E-state index >= 15 is 0 Å². The molecule has 0 fully saturated rings. The van der Waals surface area contributed by atoms with Crippen molar-refractivity contribution in [2.75, 3.05) is 10.8 Å². The molecule has 0 aliphatic carbocycles. The van der Waals surface area contributed by atoms with Crippen LogP contribution >= 0.6 is 0 Å². The highest BCUT2D eigenvalue weighted by atomic mass is 32.2. The van der Waals surface area contributed by atoms with Gasteiger partial charge in [-0.1, -0.05) is 26.0 Å². The van der Waals surface area contributed by atoms with Crippen LogP contribution in [0.1, 0.15) is 25.3 Å². The first-order valence-corrected chi connectivity index (χ1v) is 9.17. The summed E-state index contributed by atoms with van der Waals surface area (Å²) in [7, 11) is -3.96. The lowest BCUT2D eigenvalue weighted by Crippen LogP contribution is -2.31. The van der Waals surface area contributed by atoms with Gasteiger partial charge in [-0.15, -0.1) is 10.2 Å². The van der Waals surface area contributed by atoms with E-state index in [0.29, 0.717) is 11.6 Å². The number of pyridine rings is 1. The minimum absolute atomic E-state index is 0.00989. The molecule has 3 rings (SSSR count). The zero-order valence-electron chi connectivity index (χ0n) is 13.9. The summed E-state index contributed by atoms with van der Waals surface area (Å²) >= 11 is 0. The van der Waals surface area contributed by atoms with Gasteiger partial charge in [0.2, 0.25) is 0 Å². The van der Waals surface area contributed by atoms with Crippen LogP contribution in [-0.4, -0.2) is 29.6 Å². The van der Waals surface area contributed by atoms with Gasteiger partial charge in [0, 0.05) is 6.20 Å². The number of nitriles is 1. The molecule has 128 valence electrons. The molecule has 1 aromatic carbocycles. The van der Waals surface area contributed by atoms with Crippen LogP contribution in [0.3, 0.4) is 0 Å². The van der Waals surface area contributed by atoms with Gasteiger partial charge in [0.15, 0.2) is 5.65 Å². The number of aromatic nitrogens is 3. The van der Waals surface area contributed by atoms with Crippen LogP contribution in [0.2, 0.25) is 0 Å². The van der Waals surface area contributed by atoms with Crippen molar-refractivity contribution in [1.82, 2.24) is 14.6 Å². The Morgan fingerprint density at radius 3 is 2.60 bits per heavy atom. The fourth-order valence-corrected chi connectivity index (χ4v) is 4.04. The molecule has 0 atom stereocenters. The molecule has 0 aliphatic heterocycles. The molecule has 0 bridgehead atoms. The number of nitrogens with zero attached hydrogens (tertiary/aromatic N) is 5. The maximum absolute atomic E-state index is 13.1. The van der Waals surface area contributed by atoms with E-state index in [1.807, 2.05) is 18.2 Å². The Bertz CT molecular complexity index is 1030. The number of sulfonamides is 1. The van der Waals surface area contributed by atoms with Gasteiger partial charge in [-0.3, -0.25) is 8.71 Å². The predicted molar refractivity (Wildman–Crippen MR) is 93.7 cm³/mol. The van der Waals surface area contributed by atoms with E-state index in [-0.39, 0.29) is 17.1 Å². The van der Waals surface area contributed by atoms with E-state index in [0.717, 1.165) is 9.87 Å². The second-order valence-corrected chi connectivity index (χ2v) is 7.68. The summed E-state index contributed by atoms with van der Waals surface area (Å²) in [5.74, 6) is 0.333. The lowest BCUT2D eigenvalue weighted by atomic mass is 10.0. The minimum Gasteiger partial charge on any atom is -0.288 e. The quantitative estimate of drug-likeness (QED) is 0.656. The molecule has 0 N–H and O–H groups in total. The number of anilines is 1. The molecule has 25 heavy (non-hydrogen) atoms. The highest BCUT2D eigenvalue weighted by molar-refractivity contribution is 7.93. The molecule has 0 spiro atoms. The molecule has 3 aromatic rings. The molecule has 0 radical (unpaired) electrons. The van der Waals surface area contributed by atoms with Crippen LogP contribution in [0.15, 0.2) is 53.8 Å². The highest BCUT2D eigenvalue weighted by Gasteiger charge is 2.28. The standard InChI is InChI=1S/C17H17N5O2S/c1-13(2)14-5-7-15(8-6-14)22(11-9-18)25(23,24)16-4-3-10-21-12-19-20-17(16)21/h3-8,10,12-13H,11H2,1-2H3. The first kappa shape index (κ1) is 16.9. The summed E-state index contributed by atoms with van der Waals surface area (Å²) in [6, 6.07) is 12.2. The van der Waals surface area contributed by atoms with Gasteiger partial charge >= 0.3 is 0 Å². The van der Waals surface area contributed by atoms with Crippen molar-refractivity contribution in [2.45, 2.75) is 24.7 Å². The Balaban J connectivity index is 2.11. The molecule has 0 saturated heterocycles. The van der Waals surface area contributed by atoms with E-state index < -0.39 is 10.0 Å². The van der Waals surface area contributed by atoms with E-state index in [4.69, 9.17) is 5.26 Å². The summed E-state index contributed by atoms with van der Waals surface area (Å²) in [6.07, 6.45) is 3.10. The molecule has 7 nitrogen and oxygen atoms in total. The maximum Gasteiger partial charge on any atom is 0.269 e. The molecule has 0 unspecified atom stereocenters. The molecule has 2 heterocycles. The number of hydrogen-bond acceptors (Lipinski definition) is 5. The van der Waals surface area contributed by atoms with E-state index in [1.54, 1.807) is 24.4 Å². The Kier molecular flexibility index (Phi) is 4.42. The van der Waals surface area contributed by atoms with Crippen LogP contribution in [0.4, 0.5) is 5.69 Å². The second-order valence-electron chi connectivity index (χ2n) is 5.85. The van der Waals surface area contributed by atoms with E-state index in [2.05, 4.69) is 24.0 Å². The Morgan fingerprint density at radius 2 is 1.96 bits per heavy atom. The second kappa shape index (κ2) is 6.53. The van der Waals surface area contributed by atoms with Crippen molar-refractivity contribution >= 4 is 21.4 Å². The van der Waals surface area contributed by atoms with Crippen LogP contribution < -0.4 is 4.31 Å². The summed E-state index contributed by atoms with van der Waals surface area (Å²) in [6.45, 7) is 3.83. The smallest absolute Gasteiger partial charge is 0.269 e. The van der Waals surface area contributed by atoms with Gasteiger partial charge in [0.05, 0.1) is 11.8 Å². The monoisotopic (exact) mass is 355 g/mol. The Hall–Kier alpha value is -2.92. The van der Waals surface area contributed by atoms with Crippen molar-refractivity contribution in [2.24, 2.45) is 0 Å². The van der Waals surface area contributed by atoms with Gasteiger partial charge in [-0.05, 0) is 35.7 Å². The van der Waals surface area contributed by atoms with Crippen molar-refractivity contribution in [1.29, 1.82) is 5.26 Å². The maximum atomic E-state index is 13.1. The Morgan fingerprint density at radius 1 is 1.24 bits per heavy atom. The van der Waals surface area contributed by atoms with Gasteiger partial charge < -0.3 is 0 Å². The SMILES string of the molecule is CC(C)c1ccc(N(CC#N)S(=O)(=O)c2cccn3cnnc23)cc1. The van der Waals surface area contributed by atoms with Crippen LogP contribution in [-0.2, 0) is 10.0 Å². The lowest BCUT2D eigenvalue weighted by Gasteiger charge is -2.22. The van der Waals surface area contributed by atoms with Gasteiger partial charge in [0.1, 0.15) is 17.8 Å². The third-order valence-corrected chi connectivity index (χ3v) is 5.71. The normalized spacial score (nSPS) is 11.6. The lowest BCUT2D eigenvalue weighted by molar-refractivity contribution is 0.593. The van der Waals surface area contributed by atoms with Crippen molar-refractivity contribution in [3.05, 3.63) is 54.5 Å². The molecule has 0 saturated carbocycles. The summed E-state index contributed by atoms with van der Waals surface area (Å²) in [5, 5.41) is 16.8. The van der Waals surface area contributed by atoms with Crippen molar-refractivity contribution in [3.63, 3.8) is 0 Å². The van der Waals surface area contributed by atoms with Crippen LogP contribution in [0.25, 0.3) is 5.65 Å². The topological polar surface area (TPSA) is 91.4 Å². The van der Waals surface area contributed by atoms with E-state index in [9.17, 15) is 8.42 Å².